The number of carboxylic acid groups (broad SMARTS) is 1. The Morgan fingerprint density at radius 2 is 1.71 bits per heavy atom. The van der Waals surface area contributed by atoms with E-state index in [1.165, 1.54) is 50.2 Å². The molecule has 3 fully saturated rings. The highest BCUT2D eigenvalue weighted by atomic mass is 28.4. The first-order valence-electron chi connectivity index (χ1n) is 13.7. The van der Waals surface area contributed by atoms with E-state index in [-0.39, 0.29) is 16.9 Å². The van der Waals surface area contributed by atoms with Crippen molar-refractivity contribution in [1.82, 2.24) is 0 Å². The van der Waals surface area contributed by atoms with Crippen LogP contribution in [0.1, 0.15) is 93.9 Å². The first-order valence-corrected chi connectivity index (χ1v) is 16.3. The number of aliphatic hydroxyl groups excluding tert-OH is 1. The molecule has 0 spiro atoms. The fourth-order valence-corrected chi connectivity index (χ4v) is 10.4. The second-order valence-electron chi connectivity index (χ2n) is 12.6. The number of hydrogen-bond acceptors (Lipinski definition) is 3. The van der Waals surface area contributed by atoms with E-state index >= 15 is 0 Å². The lowest BCUT2D eigenvalue weighted by Crippen LogP contribution is -2.49. The first kappa shape index (κ1) is 29.4. The molecule has 0 heterocycles. The van der Waals surface area contributed by atoms with Gasteiger partial charge in [-0.3, -0.25) is 0 Å². The summed E-state index contributed by atoms with van der Waals surface area (Å²) in [5, 5.41) is 18.0. The molecule has 0 radical (unpaired) electrons. The highest BCUT2D eigenvalue weighted by Crippen LogP contribution is 2.62. The molecule has 5 nitrogen and oxygen atoms in total. The van der Waals surface area contributed by atoms with Crippen molar-refractivity contribution in [2.75, 3.05) is 0 Å². The van der Waals surface area contributed by atoms with E-state index < -0.39 is 14.4 Å². The van der Waals surface area contributed by atoms with Crippen LogP contribution in [0.3, 0.4) is 0 Å². The van der Waals surface area contributed by atoms with Crippen molar-refractivity contribution in [2.24, 2.45) is 39.7 Å². The van der Waals surface area contributed by atoms with Gasteiger partial charge < -0.3 is 20.4 Å². The molecule has 0 bridgehead atoms. The van der Waals surface area contributed by atoms with Crippen LogP contribution in [0, 0.1) is 34.0 Å². The molecule has 0 saturated heterocycles. The van der Waals surface area contributed by atoms with Gasteiger partial charge in [-0.05, 0) is 84.2 Å². The van der Waals surface area contributed by atoms with Crippen LogP contribution in [0.2, 0.25) is 18.1 Å². The number of rotatable bonds is 9. The van der Waals surface area contributed by atoms with Crippen molar-refractivity contribution in [3.8, 4) is 0 Å². The van der Waals surface area contributed by atoms with E-state index in [0.717, 1.165) is 6.42 Å². The minimum atomic E-state index is -1.56. The number of carbonyl (C=O) groups is 1. The molecule has 198 valence electrons. The largest absolute Gasteiger partial charge is 0.465 e. The Hall–Kier alpha value is -0.853. The molecule has 34 heavy (non-hydrogen) atoms. The van der Waals surface area contributed by atoms with Crippen molar-refractivity contribution in [3.63, 3.8) is 0 Å². The lowest BCUT2D eigenvalue weighted by atomic mass is 9.58. The van der Waals surface area contributed by atoms with Gasteiger partial charge in [0.05, 0.1) is 6.10 Å². The van der Waals surface area contributed by atoms with E-state index in [2.05, 4.69) is 73.3 Å². The second kappa shape index (κ2) is 11.0. The van der Waals surface area contributed by atoms with Gasteiger partial charge in [0.1, 0.15) is 0 Å². The zero-order chi connectivity index (χ0) is 25.9. The Kier molecular flexibility index (Phi) is 9.54. The molecule has 3 rings (SSSR count). The molecule has 3 saturated carbocycles. The van der Waals surface area contributed by atoms with Crippen LogP contribution in [0.4, 0.5) is 4.79 Å². The molecule has 0 aliphatic heterocycles. The van der Waals surface area contributed by atoms with Gasteiger partial charge in [-0.1, -0.05) is 74.0 Å². The summed E-state index contributed by atoms with van der Waals surface area (Å²) in [6.07, 6.45) is 11.1. The zero-order valence-corrected chi connectivity index (χ0v) is 24.2. The van der Waals surface area contributed by atoms with Gasteiger partial charge in [-0.15, -0.1) is 0 Å². The highest BCUT2D eigenvalue weighted by Gasteiger charge is 2.56. The zero-order valence-electron chi connectivity index (χ0n) is 23.2. The Balaban J connectivity index is 0.000000945. The molecule has 6 heteroatoms. The van der Waals surface area contributed by atoms with E-state index in [4.69, 9.17) is 14.3 Å². The minimum absolute atomic E-state index is 0.104. The topological polar surface area (TPSA) is 92.8 Å². The maximum absolute atomic E-state index is 10.8. The molecule has 3 aliphatic rings. The fraction of sp³-hybridized carbons (Fsp3) is 0.893. The Labute approximate surface area is 210 Å². The summed E-state index contributed by atoms with van der Waals surface area (Å²) < 4.78 is 7.11. The first-order chi connectivity index (χ1) is 15.7. The van der Waals surface area contributed by atoms with Crippen LogP contribution in [0.25, 0.3) is 0 Å². The monoisotopic (exact) mass is 495 g/mol. The van der Waals surface area contributed by atoms with E-state index in [0.29, 0.717) is 29.3 Å². The van der Waals surface area contributed by atoms with Crippen LogP contribution < -0.4 is 5.73 Å². The average Bonchev–Trinajstić information content (AvgIpc) is 3.21. The lowest BCUT2D eigenvalue weighted by Gasteiger charge is -2.50. The van der Waals surface area contributed by atoms with E-state index in [9.17, 15) is 5.11 Å². The summed E-state index contributed by atoms with van der Waals surface area (Å²) in [5.74, 6) is 2.03. The molecule has 0 aromatic heterocycles. The number of fused-ring (bicyclic) bond motifs is 1. The third kappa shape index (κ3) is 6.10. The smallest absolute Gasteiger partial charge is 0.402 e. The quantitative estimate of drug-likeness (QED) is 0.233. The maximum atomic E-state index is 10.8. The van der Waals surface area contributed by atoms with Crippen molar-refractivity contribution in [1.29, 1.82) is 0 Å². The molecule has 7 unspecified atom stereocenters. The van der Waals surface area contributed by atoms with Crippen molar-refractivity contribution in [3.05, 3.63) is 12.2 Å². The van der Waals surface area contributed by atoms with Crippen LogP contribution in [-0.2, 0) is 4.43 Å². The molecule has 1 amide bonds. The Morgan fingerprint density at radius 3 is 2.18 bits per heavy atom. The van der Waals surface area contributed by atoms with E-state index in [1.54, 1.807) is 0 Å². The molecule has 0 aromatic carbocycles. The molecular weight excluding hydrogens is 442 g/mol. The predicted molar refractivity (Wildman–Crippen MR) is 143 cm³/mol. The highest BCUT2D eigenvalue weighted by molar-refractivity contribution is 6.73. The SMILES string of the molecule is CC[Si](CC)(CC)OC1CCCC2(C)C1CCC2C(C)(C)C=CC(O)C1(C)CC1C.NC(=O)O. The standard InChI is InChI=1S/C27H50O2Si.CH3NO2/c1-9-30(10-2,11-3)29-22-13-12-17-26(7)21(22)14-15-23(26)25(5,6)18-16-24(28)27(8)19-20(27)4;2-1(3)4/h16,18,20-24,28H,9-15,17,19H2,1-8H3;2H2,(H,3,4). The molecular formula is C28H53NO4Si. The van der Waals surface area contributed by atoms with Gasteiger partial charge in [0, 0.05) is 6.10 Å². The number of nitrogens with two attached hydrogens (primary N) is 1. The van der Waals surface area contributed by atoms with Gasteiger partial charge in [0.25, 0.3) is 0 Å². The second-order valence-corrected chi connectivity index (χ2v) is 17.3. The van der Waals surface area contributed by atoms with Crippen molar-refractivity contribution in [2.45, 2.75) is 124 Å². The fourth-order valence-electron chi connectivity index (χ4n) is 7.49. The Morgan fingerprint density at radius 1 is 1.18 bits per heavy atom. The normalized spacial score (nSPS) is 36.5. The van der Waals surface area contributed by atoms with Crippen LogP contribution in [-0.4, -0.2) is 36.8 Å². The molecule has 4 N–H and O–H groups in total. The summed E-state index contributed by atoms with van der Waals surface area (Å²) in [6, 6.07) is 3.77. The van der Waals surface area contributed by atoms with Gasteiger partial charge in [0.15, 0.2) is 8.32 Å². The summed E-state index contributed by atoms with van der Waals surface area (Å²) in [4.78, 5) is 8.78. The average molecular weight is 496 g/mol. The third-order valence-electron chi connectivity index (χ3n) is 10.4. The minimum Gasteiger partial charge on any atom is -0.465 e. The summed E-state index contributed by atoms with van der Waals surface area (Å²) in [5.41, 5.74) is 4.62. The number of primary amides is 1. The maximum Gasteiger partial charge on any atom is 0.402 e. The third-order valence-corrected chi connectivity index (χ3v) is 15.1. The summed E-state index contributed by atoms with van der Waals surface area (Å²) in [6.45, 7) is 19.0. The number of amides is 1. The van der Waals surface area contributed by atoms with Gasteiger partial charge in [0.2, 0.25) is 0 Å². The summed E-state index contributed by atoms with van der Waals surface area (Å²) >= 11 is 0. The van der Waals surface area contributed by atoms with Crippen molar-refractivity contribution >= 4 is 14.4 Å². The summed E-state index contributed by atoms with van der Waals surface area (Å²) in [7, 11) is -1.56. The van der Waals surface area contributed by atoms with Crippen LogP contribution in [0.5, 0.6) is 0 Å². The number of allylic oxidation sites excluding steroid dienone is 1. The number of aliphatic hydroxyl groups is 1. The Bertz CT molecular complexity index is 709. The van der Waals surface area contributed by atoms with Crippen molar-refractivity contribution < 1.29 is 19.4 Å². The number of hydrogen-bond donors (Lipinski definition) is 3. The van der Waals surface area contributed by atoms with Gasteiger partial charge in [-0.25, -0.2) is 4.79 Å². The van der Waals surface area contributed by atoms with Crippen LogP contribution >= 0.6 is 0 Å². The molecule has 0 aromatic rings. The van der Waals surface area contributed by atoms with E-state index in [1.807, 2.05) is 0 Å². The lowest BCUT2D eigenvalue weighted by molar-refractivity contribution is -0.0281. The predicted octanol–water partition coefficient (Wildman–Crippen LogP) is 7.21. The van der Waals surface area contributed by atoms with Crippen LogP contribution in [0.15, 0.2) is 12.2 Å². The van der Waals surface area contributed by atoms with Gasteiger partial charge in [-0.2, -0.15) is 0 Å². The molecule has 7 atom stereocenters. The molecule has 3 aliphatic carbocycles. The van der Waals surface area contributed by atoms with Gasteiger partial charge >= 0.3 is 6.09 Å².